The fourth-order valence-electron chi connectivity index (χ4n) is 4.48. The minimum atomic E-state index is -2.00. The predicted molar refractivity (Wildman–Crippen MR) is 118 cm³/mol. The van der Waals surface area contributed by atoms with E-state index >= 15 is 8.78 Å². The summed E-state index contributed by atoms with van der Waals surface area (Å²) in [5.74, 6) is -18.6. The Balaban J connectivity index is 2.09. The largest absolute Gasteiger partial charge is 0.491 e. The summed E-state index contributed by atoms with van der Waals surface area (Å²) in [6.45, 7) is 0. The van der Waals surface area contributed by atoms with Crippen molar-refractivity contribution in [3.8, 4) is 28.0 Å². The molecule has 0 heterocycles. The van der Waals surface area contributed by atoms with E-state index in [2.05, 4.69) is 4.74 Å². The van der Waals surface area contributed by atoms with Crippen LogP contribution in [-0.4, -0.2) is 7.11 Å². The van der Waals surface area contributed by atoms with E-state index in [9.17, 15) is 35.1 Å². The number of ether oxygens (including phenoxy) is 1. The highest BCUT2D eigenvalue weighted by Gasteiger charge is 2.31. The maximum atomic E-state index is 15.2. The van der Waals surface area contributed by atoms with E-state index in [4.69, 9.17) is 0 Å². The lowest BCUT2D eigenvalue weighted by Gasteiger charge is -2.20. The molecule has 0 bridgehead atoms. The smallest absolute Gasteiger partial charge is 0.204 e. The van der Waals surface area contributed by atoms with Gasteiger partial charge in [0.25, 0.3) is 0 Å². The zero-order chi connectivity index (χ0) is 27.6. The Bertz CT molecular complexity index is 1760. The van der Waals surface area contributed by atoms with Gasteiger partial charge in [-0.15, -0.1) is 0 Å². The van der Waals surface area contributed by atoms with Crippen molar-refractivity contribution < 1.29 is 48.6 Å². The maximum Gasteiger partial charge on any atom is 0.204 e. The van der Waals surface area contributed by atoms with E-state index in [0.717, 1.165) is 19.2 Å². The molecule has 0 saturated heterocycles. The van der Waals surface area contributed by atoms with Crippen LogP contribution >= 0.6 is 0 Å². The van der Waals surface area contributed by atoms with Crippen molar-refractivity contribution in [1.29, 1.82) is 0 Å². The Labute approximate surface area is 206 Å². The molecule has 0 amide bonds. The van der Waals surface area contributed by atoms with Crippen LogP contribution in [0.5, 0.6) is 5.75 Å². The zero-order valence-electron chi connectivity index (χ0n) is 18.7. The van der Waals surface area contributed by atoms with Crippen LogP contribution in [0.2, 0.25) is 0 Å². The summed E-state index contributed by atoms with van der Waals surface area (Å²) in [7, 11) is 0.744. The number of hydrogen-bond donors (Lipinski definition) is 0. The molecule has 0 aromatic heterocycles. The van der Waals surface area contributed by atoms with Gasteiger partial charge in [0.05, 0.1) is 12.7 Å². The number of halogens is 10. The summed E-state index contributed by atoms with van der Waals surface area (Å²) in [6, 6.07) is 4.45. The van der Waals surface area contributed by atoms with Gasteiger partial charge in [0.2, 0.25) is 11.6 Å². The topological polar surface area (TPSA) is 9.23 Å². The van der Waals surface area contributed by atoms with Crippen molar-refractivity contribution in [1.82, 2.24) is 0 Å². The molecule has 0 atom stereocenters. The van der Waals surface area contributed by atoms with E-state index in [1.54, 1.807) is 0 Å². The molecular formula is C27H10F10O. The molecule has 5 aromatic carbocycles. The van der Waals surface area contributed by atoms with Crippen molar-refractivity contribution in [2.75, 3.05) is 7.11 Å². The third-order valence-corrected chi connectivity index (χ3v) is 6.07. The van der Waals surface area contributed by atoms with Crippen LogP contribution in [0.3, 0.4) is 0 Å². The van der Waals surface area contributed by atoms with Crippen LogP contribution in [0.1, 0.15) is 0 Å². The fraction of sp³-hybridized carbons (Fsp3) is 0.0370. The van der Waals surface area contributed by atoms with Crippen LogP contribution in [0.25, 0.3) is 43.8 Å². The molecule has 0 N–H and O–H groups in total. The first kappa shape index (κ1) is 25.4. The first-order valence-corrected chi connectivity index (χ1v) is 10.5. The van der Waals surface area contributed by atoms with Crippen LogP contribution in [0.15, 0.2) is 42.5 Å². The van der Waals surface area contributed by atoms with Crippen molar-refractivity contribution in [2.24, 2.45) is 0 Å². The van der Waals surface area contributed by atoms with E-state index in [0.29, 0.717) is 30.3 Å². The Kier molecular flexibility index (Phi) is 5.96. The van der Waals surface area contributed by atoms with Gasteiger partial charge in [-0.2, -0.15) is 8.78 Å². The summed E-state index contributed by atoms with van der Waals surface area (Å²) in [4.78, 5) is 0. The highest BCUT2D eigenvalue weighted by molar-refractivity contribution is 6.21. The van der Waals surface area contributed by atoms with Gasteiger partial charge in [0, 0.05) is 5.56 Å². The van der Waals surface area contributed by atoms with Crippen molar-refractivity contribution >= 4 is 21.5 Å². The molecule has 0 saturated carbocycles. The lowest BCUT2D eigenvalue weighted by molar-refractivity contribution is 0.334. The molecular weight excluding hydrogens is 530 g/mol. The molecule has 0 aliphatic heterocycles. The Morgan fingerprint density at radius 1 is 0.447 bits per heavy atom. The summed E-state index contributed by atoms with van der Waals surface area (Å²) >= 11 is 0. The van der Waals surface area contributed by atoms with Gasteiger partial charge in [-0.05, 0) is 69.1 Å². The van der Waals surface area contributed by atoms with Crippen molar-refractivity contribution in [3.63, 3.8) is 0 Å². The molecule has 0 radical (unpaired) electrons. The standard InChI is InChI=1S/C27H10F10O/c1-38-27-25(36)23(34)21(24(35)26(27)37)20-12-6-10(28)2-3-11(12)19(9-4-17(31)22(33)18(32)5-9)13-7-15(29)16(30)8-14(13)20/h2-8H,1H3. The maximum absolute atomic E-state index is 15.2. The second-order valence-electron chi connectivity index (χ2n) is 8.17. The Morgan fingerprint density at radius 3 is 1.47 bits per heavy atom. The number of rotatable bonds is 3. The zero-order valence-corrected chi connectivity index (χ0v) is 18.7. The monoisotopic (exact) mass is 540 g/mol. The molecule has 194 valence electrons. The summed E-state index contributed by atoms with van der Waals surface area (Å²) < 4.78 is 149. The van der Waals surface area contributed by atoms with Crippen molar-refractivity contribution in [3.05, 3.63) is 101 Å². The van der Waals surface area contributed by atoms with Crippen LogP contribution in [0, 0.1) is 58.2 Å². The molecule has 5 aromatic rings. The average Bonchev–Trinajstić information content (AvgIpc) is 2.87. The SMILES string of the molecule is COc1c(F)c(F)c(-c2c3cc(F)ccc3c(-c3cc(F)c(F)c(F)c3)c3cc(F)c(F)cc23)c(F)c1F. The Morgan fingerprint density at radius 2 is 0.947 bits per heavy atom. The first-order valence-electron chi connectivity index (χ1n) is 10.5. The van der Waals surface area contributed by atoms with Gasteiger partial charge in [-0.3, -0.25) is 0 Å². The van der Waals surface area contributed by atoms with E-state index < -0.39 is 96.8 Å². The molecule has 0 aliphatic rings. The van der Waals surface area contributed by atoms with Crippen LogP contribution in [-0.2, 0) is 0 Å². The lowest BCUT2D eigenvalue weighted by Crippen LogP contribution is -2.05. The van der Waals surface area contributed by atoms with Gasteiger partial charge in [-0.1, -0.05) is 6.07 Å². The third-order valence-electron chi connectivity index (χ3n) is 6.07. The second kappa shape index (κ2) is 8.93. The normalized spacial score (nSPS) is 11.6. The highest BCUT2D eigenvalue weighted by atomic mass is 19.2. The molecule has 1 nitrogen and oxygen atoms in total. The average molecular weight is 540 g/mol. The first-order chi connectivity index (χ1) is 18.0. The second-order valence-corrected chi connectivity index (χ2v) is 8.17. The molecule has 0 aliphatic carbocycles. The number of fused-ring (bicyclic) bond motifs is 2. The quantitative estimate of drug-likeness (QED) is 0.0963. The van der Waals surface area contributed by atoms with Crippen LogP contribution < -0.4 is 4.74 Å². The minimum absolute atomic E-state index is 0.249. The van der Waals surface area contributed by atoms with Gasteiger partial charge < -0.3 is 4.74 Å². The molecule has 0 unspecified atom stereocenters. The number of hydrogen-bond acceptors (Lipinski definition) is 1. The van der Waals surface area contributed by atoms with E-state index in [1.165, 1.54) is 0 Å². The van der Waals surface area contributed by atoms with Gasteiger partial charge in [0.1, 0.15) is 5.82 Å². The van der Waals surface area contributed by atoms with Crippen LogP contribution in [0.4, 0.5) is 43.9 Å². The predicted octanol–water partition coefficient (Wildman–Crippen LogP) is 8.73. The molecule has 11 heteroatoms. The minimum Gasteiger partial charge on any atom is -0.491 e. The molecule has 5 rings (SSSR count). The van der Waals surface area contributed by atoms with Gasteiger partial charge in [0.15, 0.2) is 46.5 Å². The van der Waals surface area contributed by atoms with Gasteiger partial charge in [-0.25, -0.2) is 35.1 Å². The van der Waals surface area contributed by atoms with E-state index in [1.807, 2.05) is 0 Å². The Hall–Kier alpha value is -4.28. The highest BCUT2D eigenvalue weighted by Crippen LogP contribution is 2.47. The summed E-state index contributed by atoms with van der Waals surface area (Å²) in [6.07, 6.45) is 0. The molecule has 0 spiro atoms. The van der Waals surface area contributed by atoms with E-state index in [-0.39, 0.29) is 10.9 Å². The van der Waals surface area contributed by atoms with Gasteiger partial charge >= 0.3 is 0 Å². The van der Waals surface area contributed by atoms with Crippen molar-refractivity contribution in [2.45, 2.75) is 0 Å². The fourth-order valence-corrected chi connectivity index (χ4v) is 4.48. The number of methoxy groups -OCH3 is 1. The third kappa shape index (κ3) is 3.64. The summed E-state index contributed by atoms with van der Waals surface area (Å²) in [5.41, 5.74) is -2.95. The number of benzene rings is 5. The molecule has 38 heavy (non-hydrogen) atoms. The lowest BCUT2D eigenvalue weighted by atomic mass is 9.85. The molecule has 0 fully saturated rings. The summed E-state index contributed by atoms with van der Waals surface area (Å²) in [5, 5.41) is -1.80.